The Morgan fingerprint density at radius 1 is 0.978 bits per heavy atom. The normalized spacial score (nSPS) is 17.2. The van der Waals surface area contributed by atoms with Gasteiger partial charge in [-0.1, -0.05) is 58.0 Å². The highest BCUT2D eigenvalue weighted by molar-refractivity contribution is 7.85. The van der Waals surface area contributed by atoms with E-state index in [9.17, 15) is 36.9 Å². The number of likely N-dealkylation sites (tertiary alicyclic amines) is 1. The second-order valence-electron chi connectivity index (χ2n) is 13.2. The summed E-state index contributed by atoms with van der Waals surface area (Å²) >= 11 is 0. The zero-order valence-corrected chi connectivity index (χ0v) is 28.4. The number of benzene rings is 1. The minimum absolute atomic E-state index is 0.0292. The van der Waals surface area contributed by atoms with E-state index in [-0.39, 0.29) is 25.5 Å². The molecule has 2 rings (SSSR count). The fraction of sp³-hybridized carbons (Fsp3) is 0.645. The van der Waals surface area contributed by atoms with E-state index < -0.39 is 81.3 Å². The molecule has 0 aliphatic carbocycles. The molecule has 4 N–H and O–H groups in total. The molecule has 0 saturated carbocycles. The average molecular weight is 669 g/mol. The van der Waals surface area contributed by atoms with Crippen molar-refractivity contribution in [1.29, 1.82) is 0 Å². The number of hydrogen-bond acceptors (Lipinski definition) is 9. The molecule has 4 amide bonds. The standard InChI is InChI=1S/C31H48N4O10S/c1-19(2)16-22(29(39)44-17-21-12-9-8-10-13-21)32-27(37)25(20(3)4)34-26(36)24-14-11-15-35(24)28(38)23(18-46(41,42)43)33-30(40)45-31(5,6)7/h8-10,12-13,19-20,22-25H,11,14-18H2,1-7H3,(H,32,37)(H,33,40)(H,34,36)(H,41,42,43)/t22-,23+,24-,25+/m0/s1. The monoisotopic (exact) mass is 668 g/mol. The van der Waals surface area contributed by atoms with Crippen LogP contribution in [-0.4, -0.2) is 89.7 Å². The molecule has 1 saturated heterocycles. The lowest BCUT2D eigenvalue weighted by atomic mass is 10.00. The van der Waals surface area contributed by atoms with E-state index in [0.717, 1.165) is 10.5 Å². The minimum atomic E-state index is -4.72. The van der Waals surface area contributed by atoms with E-state index >= 15 is 0 Å². The van der Waals surface area contributed by atoms with Gasteiger partial charge in [0.25, 0.3) is 10.1 Å². The number of rotatable bonds is 14. The molecule has 0 spiro atoms. The first-order valence-corrected chi connectivity index (χ1v) is 16.9. The lowest BCUT2D eigenvalue weighted by Crippen LogP contribution is -2.59. The fourth-order valence-corrected chi connectivity index (χ4v) is 5.55. The SMILES string of the molecule is CC(C)C[C@H](NC(=O)[C@H](NC(=O)[C@@H]1CCCN1C(=O)[C@@H](CS(=O)(=O)O)NC(=O)OC(C)(C)C)C(C)C)C(=O)OCc1ccccc1. The maximum absolute atomic E-state index is 13.5. The van der Waals surface area contributed by atoms with Gasteiger partial charge in [-0.25, -0.2) is 9.59 Å². The van der Waals surface area contributed by atoms with Crippen LogP contribution < -0.4 is 16.0 Å². The van der Waals surface area contributed by atoms with Crippen molar-refractivity contribution in [3.63, 3.8) is 0 Å². The summed E-state index contributed by atoms with van der Waals surface area (Å²) in [5, 5.41) is 7.58. The number of hydrogen-bond donors (Lipinski definition) is 4. The molecule has 1 fully saturated rings. The number of nitrogens with one attached hydrogen (secondary N) is 3. The van der Waals surface area contributed by atoms with Gasteiger partial charge in [0.1, 0.15) is 42.1 Å². The molecule has 0 radical (unpaired) electrons. The summed E-state index contributed by atoms with van der Waals surface area (Å²) in [5.41, 5.74) is -0.168. The van der Waals surface area contributed by atoms with Gasteiger partial charge in [0.05, 0.1) is 0 Å². The Balaban J connectivity index is 2.17. The molecule has 0 unspecified atom stereocenters. The quantitative estimate of drug-likeness (QED) is 0.168. The first-order chi connectivity index (χ1) is 21.3. The van der Waals surface area contributed by atoms with Gasteiger partial charge in [0.15, 0.2) is 0 Å². The molecule has 1 aromatic carbocycles. The molecular weight excluding hydrogens is 620 g/mol. The predicted molar refractivity (Wildman–Crippen MR) is 169 cm³/mol. The lowest BCUT2D eigenvalue weighted by Gasteiger charge is -2.31. The maximum atomic E-state index is 13.5. The fourth-order valence-electron chi connectivity index (χ4n) is 4.90. The van der Waals surface area contributed by atoms with Crippen molar-refractivity contribution >= 4 is 39.9 Å². The van der Waals surface area contributed by atoms with Crippen LogP contribution in [-0.2, 0) is 45.4 Å². The molecule has 1 aromatic rings. The maximum Gasteiger partial charge on any atom is 0.408 e. The van der Waals surface area contributed by atoms with E-state index in [1.807, 2.05) is 44.2 Å². The first kappa shape index (κ1) is 38.5. The highest BCUT2D eigenvalue weighted by Crippen LogP contribution is 2.20. The van der Waals surface area contributed by atoms with Crippen LogP contribution in [0.25, 0.3) is 0 Å². The van der Waals surface area contributed by atoms with Crippen LogP contribution in [0.2, 0.25) is 0 Å². The number of ether oxygens (including phenoxy) is 2. The zero-order valence-electron chi connectivity index (χ0n) is 27.6. The van der Waals surface area contributed by atoms with Gasteiger partial charge >= 0.3 is 12.1 Å². The van der Waals surface area contributed by atoms with Gasteiger partial charge in [-0.2, -0.15) is 8.42 Å². The molecule has 4 atom stereocenters. The number of carbonyl (C=O) groups excluding carboxylic acids is 5. The summed E-state index contributed by atoms with van der Waals surface area (Å²) < 4.78 is 43.4. The second-order valence-corrected chi connectivity index (χ2v) is 14.6. The molecule has 14 nitrogen and oxygen atoms in total. The van der Waals surface area contributed by atoms with E-state index in [2.05, 4.69) is 16.0 Å². The first-order valence-electron chi connectivity index (χ1n) is 15.3. The van der Waals surface area contributed by atoms with Gasteiger partial charge < -0.3 is 30.3 Å². The predicted octanol–water partition coefficient (Wildman–Crippen LogP) is 2.17. The highest BCUT2D eigenvalue weighted by Gasteiger charge is 2.41. The van der Waals surface area contributed by atoms with E-state index in [1.54, 1.807) is 34.6 Å². The summed E-state index contributed by atoms with van der Waals surface area (Å²) in [6.45, 7) is 12.0. The molecule has 0 bridgehead atoms. The molecule has 1 heterocycles. The average Bonchev–Trinajstić information content (AvgIpc) is 3.42. The summed E-state index contributed by atoms with van der Waals surface area (Å²) in [7, 11) is -4.72. The van der Waals surface area contributed by atoms with E-state index in [0.29, 0.717) is 12.8 Å². The summed E-state index contributed by atoms with van der Waals surface area (Å²) in [4.78, 5) is 66.9. The van der Waals surface area contributed by atoms with Crippen LogP contribution >= 0.6 is 0 Å². The number of alkyl carbamates (subject to hydrolysis) is 1. The summed E-state index contributed by atoms with van der Waals surface area (Å²) in [6.07, 6.45) is -0.193. The van der Waals surface area contributed by atoms with Crippen molar-refractivity contribution in [1.82, 2.24) is 20.9 Å². The third kappa shape index (κ3) is 12.9. The van der Waals surface area contributed by atoms with Crippen LogP contribution in [0.15, 0.2) is 30.3 Å². The Labute approximate surface area is 271 Å². The lowest BCUT2D eigenvalue weighted by molar-refractivity contribution is -0.150. The van der Waals surface area contributed by atoms with Crippen LogP contribution in [0, 0.1) is 11.8 Å². The van der Waals surface area contributed by atoms with Crippen LogP contribution in [0.1, 0.15) is 73.3 Å². The van der Waals surface area contributed by atoms with Crippen molar-refractivity contribution in [3.8, 4) is 0 Å². The van der Waals surface area contributed by atoms with Crippen LogP contribution in [0.5, 0.6) is 0 Å². The van der Waals surface area contributed by atoms with Crippen molar-refractivity contribution in [3.05, 3.63) is 35.9 Å². The number of carbonyl (C=O) groups is 5. The molecule has 1 aliphatic rings. The van der Waals surface area contributed by atoms with Gasteiger partial charge in [0, 0.05) is 6.54 Å². The van der Waals surface area contributed by atoms with Gasteiger partial charge in [-0.15, -0.1) is 0 Å². The highest BCUT2D eigenvalue weighted by atomic mass is 32.2. The zero-order chi connectivity index (χ0) is 34.8. The molecule has 258 valence electrons. The Bertz CT molecular complexity index is 1330. The molecule has 0 aromatic heterocycles. The Hall–Kier alpha value is -3.72. The second kappa shape index (κ2) is 16.7. The van der Waals surface area contributed by atoms with Gasteiger partial charge in [-0.05, 0) is 57.4 Å². The topological polar surface area (TPSA) is 198 Å². The van der Waals surface area contributed by atoms with Crippen molar-refractivity contribution < 1.29 is 46.4 Å². The third-order valence-electron chi connectivity index (χ3n) is 6.98. The molecule has 1 aliphatic heterocycles. The van der Waals surface area contributed by atoms with Crippen LogP contribution in [0.4, 0.5) is 4.79 Å². The van der Waals surface area contributed by atoms with Gasteiger partial charge in [-0.3, -0.25) is 18.9 Å². The number of esters is 1. The molecule has 46 heavy (non-hydrogen) atoms. The Kier molecular flexibility index (Phi) is 14.0. The van der Waals surface area contributed by atoms with E-state index in [1.165, 1.54) is 0 Å². The van der Waals surface area contributed by atoms with Crippen molar-refractivity contribution in [2.45, 2.75) is 104 Å². The Morgan fingerprint density at radius 3 is 2.15 bits per heavy atom. The molecular formula is C31H48N4O10S. The smallest absolute Gasteiger partial charge is 0.408 e. The Morgan fingerprint density at radius 2 is 1.61 bits per heavy atom. The van der Waals surface area contributed by atoms with Gasteiger partial charge in [0.2, 0.25) is 17.7 Å². The molecule has 15 heteroatoms. The third-order valence-corrected chi connectivity index (χ3v) is 7.74. The van der Waals surface area contributed by atoms with Crippen molar-refractivity contribution in [2.24, 2.45) is 11.8 Å². The van der Waals surface area contributed by atoms with Crippen molar-refractivity contribution in [2.75, 3.05) is 12.3 Å². The van der Waals surface area contributed by atoms with Crippen LogP contribution in [0.3, 0.4) is 0 Å². The summed E-state index contributed by atoms with van der Waals surface area (Å²) in [5.74, 6) is -4.34. The number of nitrogens with zero attached hydrogens (tertiary/aromatic N) is 1. The number of amides is 4. The summed E-state index contributed by atoms with van der Waals surface area (Å²) in [6, 6.07) is 4.21. The largest absolute Gasteiger partial charge is 0.459 e. The minimum Gasteiger partial charge on any atom is -0.459 e. The van der Waals surface area contributed by atoms with E-state index in [4.69, 9.17) is 9.47 Å².